The first-order valence-electron chi connectivity index (χ1n) is 10.6. The Morgan fingerprint density at radius 2 is 1.36 bits per heavy atom. The molecule has 3 aromatic rings. The fourth-order valence-corrected chi connectivity index (χ4v) is 6.95. The lowest BCUT2D eigenvalue weighted by Gasteiger charge is -2.36. The minimum absolute atomic E-state index is 0.0602. The van der Waals surface area contributed by atoms with Gasteiger partial charge in [-0.25, -0.2) is 0 Å². The van der Waals surface area contributed by atoms with Crippen LogP contribution in [0.25, 0.3) is 22.3 Å². The van der Waals surface area contributed by atoms with Gasteiger partial charge in [0.25, 0.3) is 0 Å². The molecule has 0 nitrogen and oxygen atoms in total. The molecule has 28 heavy (non-hydrogen) atoms. The highest BCUT2D eigenvalue weighted by atomic mass is 35.5. The molecule has 0 heterocycles. The van der Waals surface area contributed by atoms with Gasteiger partial charge in [0, 0.05) is 15.9 Å². The van der Waals surface area contributed by atoms with Gasteiger partial charge in [-0.2, -0.15) is 0 Å². The van der Waals surface area contributed by atoms with Crippen molar-refractivity contribution in [1.82, 2.24) is 0 Å². The Morgan fingerprint density at radius 1 is 0.679 bits per heavy atom. The Bertz CT molecular complexity index is 1130. The Morgan fingerprint density at radius 3 is 2.18 bits per heavy atom. The van der Waals surface area contributed by atoms with Crippen LogP contribution in [0.2, 0.25) is 5.02 Å². The molecule has 6 rings (SSSR count). The van der Waals surface area contributed by atoms with Crippen molar-refractivity contribution < 1.29 is 0 Å². The van der Waals surface area contributed by atoms with Crippen LogP contribution in [0.5, 0.6) is 0 Å². The van der Waals surface area contributed by atoms with Gasteiger partial charge in [0.15, 0.2) is 0 Å². The van der Waals surface area contributed by atoms with E-state index in [1.54, 1.807) is 11.1 Å². The second-order valence-corrected chi connectivity index (χ2v) is 9.79. The summed E-state index contributed by atoms with van der Waals surface area (Å²) in [5.74, 6) is 0. The van der Waals surface area contributed by atoms with Crippen molar-refractivity contribution in [3.63, 3.8) is 0 Å². The van der Waals surface area contributed by atoms with E-state index in [0.29, 0.717) is 0 Å². The van der Waals surface area contributed by atoms with Gasteiger partial charge in [-0.05, 0) is 63.4 Å². The molecule has 1 spiro atoms. The van der Waals surface area contributed by atoms with Crippen LogP contribution >= 0.6 is 11.6 Å². The molecule has 0 bridgehead atoms. The first-order chi connectivity index (χ1) is 13.6. The van der Waals surface area contributed by atoms with Gasteiger partial charge >= 0.3 is 0 Å². The first kappa shape index (κ1) is 16.9. The quantitative estimate of drug-likeness (QED) is 0.369. The molecule has 1 heteroatoms. The van der Waals surface area contributed by atoms with Gasteiger partial charge in [-0.3, -0.25) is 0 Å². The summed E-state index contributed by atoms with van der Waals surface area (Å²) < 4.78 is 0. The molecule has 0 unspecified atom stereocenters. The summed E-state index contributed by atoms with van der Waals surface area (Å²) in [7, 11) is 0. The van der Waals surface area contributed by atoms with Crippen molar-refractivity contribution in [2.75, 3.05) is 0 Å². The van der Waals surface area contributed by atoms with Gasteiger partial charge < -0.3 is 0 Å². The maximum atomic E-state index is 6.74. The van der Waals surface area contributed by atoms with E-state index < -0.39 is 0 Å². The van der Waals surface area contributed by atoms with Crippen LogP contribution in [0, 0.1) is 0 Å². The fourth-order valence-electron chi connectivity index (χ4n) is 6.54. The number of benzene rings is 3. The smallest absolute Gasteiger partial charge is 0.0453 e. The summed E-state index contributed by atoms with van der Waals surface area (Å²) >= 11 is 6.74. The molecule has 1 fully saturated rings. The Balaban J connectivity index is 1.75. The Labute approximate surface area is 172 Å². The zero-order valence-corrected chi connectivity index (χ0v) is 17.4. The second kappa shape index (κ2) is 5.51. The van der Waals surface area contributed by atoms with Crippen LogP contribution in [-0.4, -0.2) is 0 Å². The van der Waals surface area contributed by atoms with Crippen LogP contribution in [0.15, 0.2) is 54.6 Å². The highest BCUT2D eigenvalue weighted by Crippen LogP contribution is 2.62. The third-order valence-corrected chi connectivity index (χ3v) is 8.04. The van der Waals surface area contributed by atoms with Crippen LogP contribution in [-0.2, 0) is 10.8 Å². The number of rotatable bonds is 0. The van der Waals surface area contributed by atoms with Gasteiger partial charge in [0.05, 0.1) is 0 Å². The van der Waals surface area contributed by atoms with Crippen LogP contribution in [0.3, 0.4) is 0 Å². The van der Waals surface area contributed by atoms with Gasteiger partial charge in [0.1, 0.15) is 0 Å². The monoisotopic (exact) mass is 384 g/mol. The zero-order valence-electron chi connectivity index (χ0n) is 16.6. The van der Waals surface area contributed by atoms with Gasteiger partial charge in [0.2, 0.25) is 0 Å². The zero-order chi connectivity index (χ0) is 19.1. The molecule has 0 N–H and O–H groups in total. The van der Waals surface area contributed by atoms with E-state index in [9.17, 15) is 0 Å². The summed E-state index contributed by atoms with van der Waals surface area (Å²) in [4.78, 5) is 0. The second-order valence-electron chi connectivity index (χ2n) is 9.39. The summed E-state index contributed by atoms with van der Waals surface area (Å²) in [5, 5.41) is 0.895. The van der Waals surface area contributed by atoms with E-state index in [1.807, 2.05) is 6.07 Å². The molecule has 0 aromatic heterocycles. The maximum Gasteiger partial charge on any atom is 0.0453 e. The van der Waals surface area contributed by atoms with E-state index >= 15 is 0 Å². The van der Waals surface area contributed by atoms with Crippen molar-refractivity contribution in [3.8, 4) is 22.3 Å². The highest BCUT2D eigenvalue weighted by molar-refractivity contribution is 6.32. The first-order valence-corrected chi connectivity index (χ1v) is 11.0. The molecule has 0 radical (unpaired) electrons. The molecule has 1 saturated carbocycles. The van der Waals surface area contributed by atoms with Crippen LogP contribution in [0.1, 0.15) is 68.2 Å². The molecular weight excluding hydrogens is 360 g/mol. The Hall–Kier alpha value is -2.05. The number of hydrogen-bond donors (Lipinski definition) is 0. The number of halogens is 1. The van der Waals surface area contributed by atoms with Crippen molar-refractivity contribution in [1.29, 1.82) is 0 Å². The predicted molar refractivity (Wildman–Crippen MR) is 118 cm³/mol. The largest absolute Gasteiger partial charge is 0.0840 e. The van der Waals surface area contributed by atoms with E-state index in [4.69, 9.17) is 11.6 Å². The van der Waals surface area contributed by atoms with Crippen molar-refractivity contribution in [2.24, 2.45) is 0 Å². The Kier molecular flexibility index (Phi) is 3.32. The third-order valence-electron chi connectivity index (χ3n) is 7.72. The van der Waals surface area contributed by atoms with Gasteiger partial charge in [-0.1, -0.05) is 93.2 Å². The minimum Gasteiger partial charge on any atom is -0.0840 e. The SMILES string of the molecule is CC1(C)c2ccc3c(c2-c2cccc(Cl)c21)-c1ccccc1C31CCCCC1. The van der Waals surface area contributed by atoms with E-state index in [0.717, 1.165) is 5.02 Å². The fraction of sp³-hybridized carbons (Fsp3) is 0.333. The van der Waals surface area contributed by atoms with Crippen LogP contribution in [0.4, 0.5) is 0 Å². The normalized spacial score (nSPS) is 19.8. The average Bonchev–Trinajstić information content (AvgIpc) is 3.11. The van der Waals surface area contributed by atoms with Crippen molar-refractivity contribution in [3.05, 3.63) is 81.9 Å². The topological polar surface area (TPSA) is 0 Å². The lowest BCUT2D eigenvalue weighted by Crippen LogP contribution is -2.28. The van der Waals surface area contributed by atoms with Crippen molar-refractivity contribution >= 4 is 11.6 Å². The molecule has 3 aliphatic rings. The van der Waals surface area contributed by atoms with Crippen LogP contribution < -0.4 is 0 Å². The summed E-state index contributed by atoms with van der Waals surface area (Å²) in [6.45, 7) is 4.65. The molecular formula is C27H25Cl. The van der Waals surface area contributed by atoms with Gasteiger partial charge in [-0.15, -0.1) is 0 Å². The standard InChI is InChI=1S/C27H25Cl/c1-26(2)20-13-14-21-23(24(20)18-10-8-12-22(28)25(18)26)17-9-4-5-11-19(17)27(21)15-6-3-7-16-27/h4-5,8-14H,3,6-7,15-16H2,1-2H3. The van der Waals surface area contributed by atoms with E-state index in [2.05, 4.69) is 62.4 Å². The summed E-state index contributed by atoms with van der Waals surface area (Å²) in [5.41, 5.74) is 11.7. The minimum atomic E-state index is -0.0602. The maximum absolute atomic E-state index is 6.74. The highest BCUT2D eigenvalue weighted by Gasteiger charge is 2.47. The lowest BCUT2D eigenvalue weighted by molar-refractivity contribution is 0.353. The molecule has 0 amide bonds. The third kappa shape index (κ3) is 1.88. The molecule has 3 aliphatic carbocycles. The number of fused-ring (bicyclic) bond motifs is 9. The summed E-state index contributed by atoms with van der Waals surface area (Å²) in [6, 6.07) is 20.5. The molecule has 140 valence electrons. The van der Waals surface area contributed by atoms with E-state index in [-0.39, 0.29) is 10.8 Å². The summed E-state index contributed by atoms with van der Waals surface area (Å²) in [6.07, 6.45) is 6.59. The number of hydrogen-bond acceptors (Lipinski definition) is 0. The molecule has 0 aliphatic heterocycles. The van der Waals surface area contributed by atoms with E-state index in [1.165, 1.54) is 65.5 Å². The molecule has 0 atom stereocenters. The molecule has 3 aromatic carbocycles. The molecule has 0 saturated heterocycles. The lowest BCUT2D eigenvalue weighted by atomic mass is 9.67. The van der Waals surface area contributed by atoms with Crippen molar-refractivity contribution in [2.45, 2.75) is 56.8 Å². The predicted octanol–water partition coefficient (Wildman–Crippen LogP) is 7.88. The average molecular weight is 385 g/mol.